The molecule has 5 heteroatoms. The Morgan fingerprint density at radius 1 is 1.24 bits per heavy atom. The van der Waals surface area contributed by atoms with Crippen LogP contribution in [-0.2, 0) is 16.1 Å². The number of anilines is 1. The van der Waals surface area contributed by atoms with Crippen molar-refractivity contribution < 1.29 is 14.3 Å². The minimum atomic E-state index is -0.432. The van der Waals surface area contributed by atoms with Crippen molar-refractivity contribution in [1.82, 2.24) is 0 Å². The number of benzene rings is 1. The van der Waals surface area contributed by atoms with Gasteiger partial charge in [0, 0.05) is 18.2 Å². The Labute approximate surface area is 124 Å². The third kappa shape index (κ3) is 4.04. The summed E-state index contributed by atoms with van der Waals surface area (Å²) in [6.45, 7) is 0.303. The highest BCUT2D eigenvalue weighted by atomic mass is 16.5. The van der Waals surface area contributed by atoms with Crippen LogP contribution in [0.15, 0.2) is 18.2 Å². The van der Waals surface area contributed by atoms with E-state index in [-0.39, 0.29) is 11.8 Å². The summed E-state index contributed by atoms with van der Waals surface area (Å²) in [7, 11) is 1.33. The minimum Gasteiger partial charge on any atom is -0.465 e. The lowest BCUT2D eigenvalue weighted by atomic mass is 9.88. The van der Waals surface area contributed by atoms with E-state index in [1.54, 1.807) is 18.2 Å². The Balaban J connectivity index is 2.14. The molecule has 0 unspecified atom stereocenters. The highest BCUT2D eigenvalue weighted by molar-refractivity contribution is 5.95. The maximum atomic E-state index is 12.3. The van der Waals surface area contributed by atoms with Gasteiger partial charge in [-0.1, -0.05) is 19.3 Å². The number of nitrogens with two attached hydrogens (primary N) is 1. The zero-order chi connectivity index (χ0) is 15.2. The number of hydrogen-bond donors (Lipinski definition) is 2. The number of rotatable bonds is 4. The maximum absolute atomic E-state index is 12.3. The lowest BCUT2D eigenvalue weighted by Crippen LogP contribution is -2.25. The lowest BCUT2D eigenvalue weighted by Gasteiger charge is -2.21. The van der Waals surface area contributed by atoms with E-state index in [0.29, 0.717) is 17.8 Å². The molecule has 0 bridgehead atoms. The molecule has 1 aliphatic rings. The van der Waals surface area contributed by atoms with Crippen molar-refractivity contribution in [2.45, 2.75) is 38.6 Å². The predicted octanol–water partition coefficient (Wildman–Crippen LogP) is 2.45. The largest absolute Gasteiger partial charge is 0.465 e. The fourth-order valence-electron chi connectivity index (χ4n) is 2.73. The molecule has 0 aromatic heterocycles. The minimum absolute atomic E-state index is 0.0275. The van der Waals surface area contributed by atoms with E-state index < -0.39 is 5.97 Å². The summed E-state index contributed by atoms with van der Waals surface area (Å²) in [5, 5.41) is 2.90. The Morgan fingerprint density at radius 3 is 2.57 bits per heavy atom. The Kier molecular flexibility index (Phi) is 5.33. The Hall–Kier alpha value is -1.88. The van der Waals surface area contributed by atoms with Crippen molar-refractivity contribution in [2.75, 3.05) is 12.4 Å². The highest BCUT2D eigenvalue weighted by Gasteiger charge is 2.21. The second kappa shape index (κ2) is 7.22. The molecule has 0 heterocycles. The summed E-state index contributed by atoms with van der Waals surface area (Å²) in [4.78, 5) is 23.9. The first-order chi connectivity index (χ1) is 10.1. The van der Waals surface area contributed by atoms with Gasteiger partial charge in [0.25, 0.3) is 0 Å². The highest BCUT2D eigenvalue weighted by Crippen LogP contribution is 2.25. The molecule has 21 heavy (non-hydrogen) atoms. The molecule has 0 saturated heterocycles. The SMILES string of the molecule is COC(=O)c1cc(CN)cc(NC(=O)C2CCCCC2)c1. The molecule has 0 spiro atoms. The third-order valence-electron chi connectivity index (χ3n) is 3.89. The first kappa shape index (κ1) is 15.5. The number of amides is 1. The molecule has 1 aromatic carbocycles. The predicted molar refractivity (Wildman–Crippen MR) is 80.9 cm³/mol. The van der Waals surface area contributed by atoms with Gasteiger partial charge in [-0.15, -0.1) is 0 Å². The molecule has 114 valence electrons. The number of carbonyl (C=O) groups is 2. The fourth-order valence-corrected chi connectivity index (χ4v) is 2.73. The van der Waals surface area contributed by atoms with Crippen molar-refractivity contribution in [3.63, 3.8) is 0 Å². The summed E-state index contributed by atoms with van der Waals surface area (Å²) >= 11 is 0. The second-order valence-electron chi connectivity index (χ2n) is 5.44. The van der Waals surface area contributed by atoms with Crippen LogP contribution in [0.4, 0.5) is 5.69 Å². The number of esters is 1. The monoisotopic (exact) mass is 290 g/mol. The molecule has 0 aliphatic heterocycles. The molecule has 3 N–H and O–H groups in total. The molecule has 5 nitrogen and oxygen atoms in total. The third-order valence-corrected chi connectivity index (χ3v) is 3.89. The molecule has 0 radical (unpaired) electrons. The van der Waals surface area contributed by atoms with E-state index in [1.807, 2.05) is 0 Å². The Bertz CT molecular complexity index is 522. The maximum Gasteiger partial charge on any atom is 0.337 e. The summed E-state index contributed by atoms with van der Waals surface area (Å²) < 4.78 is 4.72. The van der Waals surface area contributed by atoms with Gasteiger partial charge < -0.3 is 15.8 Å². The molecule has 0 atom stereocenters. The van der Waals surface area contributed by atoms with Crippen LogP contribution in [0.1, 0.15) is 48.0 Å². The number of ether oxygens (including phenoxy) is 1. The molecule has 1 fully saturated rings. The standard InChI is InChI=1S/C16H22N2O3/c1-21-16(20)13-7-11(10-17)8-14(9-13)18-15(19)12-5-3-2-4-6-12/h7-9,12H,2-6,10,17H2,1H3,(H,18,19). The van der Waals surface area contributed by atoms with E-state index in [2.05, 4.69) is 5.32 Å². The normalized spacial score (nSPS) is 15.5. The van der Waals surface area contributed by atoms with Crippen LogP contribution < -0.4 is 11.1 Å². The van der Waals surface area contributed by atoms with Crippen LogP contribution in [-0.4, -0.2) is 19.0 Å². The fraction of sp³-hybridized carbons (Fsp3) is 0.500. The number of methoxy groups -OCH3 is 1. The van der Waals surface area contributed by atoms with Crippen LogP contribution in [0.3, 0.4) is 0 Å². The molecular weight excluding hydrogens is 268 g/mol. The summed E-state index contributed by atoms with van der Waals surface area (Å²) in [6, 6.07) is 5.11. The first-order valence-electron chi connectivity index (χ1n) is 7.37. The summed E-state index contributed by atoms with van der Waals surface area (Å²) in [5.41, 5.74) is 7.43. The second-order valence-corrected chi connectivity index (χ2v) is 5.44. The molecule has 1 aliphatic carbocycles. The van der Waals surface area contributed by atoms with Gasteiger partial charge in [-0.25, -0.2) is 4.79 Å². The smallest absolute Gasteiger partial charge is 0.337 e. The van der Waals surface area contributed by atoms with Crippen LogP contribution >= 0.6 is 0 Å². The van der Waals surface area contributed by atoms with Crippen LogP contribution in [0, 0.1) is 5.92 Å². The van der Waals surface area contributed by atoms with Crippen LogP contribution in [0.2, 0.25) is 0 Å². The van der Waals surface area contributed by atoms with Gasteiger partial charge in [-0.2, -0.15) is 0 Å². The zero-order valence-corrected chi connectivity index (χ0v) is 12.4. The van der Waals surface area contributed by atoms with E-state index in [0.717, 1.165) is 31.2 Å². The number of nitrogens with one attached hydrogen (secondary N) is 1. The number of carbonyl (C=O) groups excluding carboxylic acids is 2. The van der Waals surface area contributed by atoms with E-state index in [9.17, 15) is 9.59 Å². The van der Waals surface area contributed by atoms with Gasteiger partial charge >= 0.3 is 5.97 Å². The van der Waals surface area contributed by atoms with Crippen molar-refractivity contribution >= 4 is 17.6 Å². The summed E-state index contributed by atoms with van der Waals surface area (Å²) in [6.07, 6.45) is 5.29. The van der Waals surface area contributed by atoms with Crippen molar-refractivity contribution in [3.8, 4) is 0 Å². The van der Waals surface area contributed by atoms with Gasteiger partial charge in [0.1, 0.15) is 0 Å². The molecule has 1 amide bonds. The lowest BCUT2D eigenvalue weighted by molar-refractivity contribution is -0.120. The van der Waals surface area contributed by atoms with E-state index in [4.69, 9.17) is 10.5 Å². The molecule has 1 saturated carbocycles. The van der Waals surface area contributed by atoms with Gasteiger partial charge in [-0.05, 0) is 36.6 Å². The molecule has 1 aromatic rings. The molecular formula is C16H22N2O3. The first-order valence-corrected chi connectivity index (χ1v) is 7.37. The van der Waals surface area contributed by atoms with Crippen LogP contribution in [0.25, 0.3) is 0 Å². The average molecular weight is 290 g/mol. The number of hydrogen-bond acceptors (Lipinski definition) is 4. The van der Waals surface area contributed by atoms with E-state index >= 15 is 0 Å². The van der Waals surface area contributed by atoms with Crippen molar-refractivity contribution in [2.24, 2.45) is 11.7 Å². The summed E-state index contributed by atoms with van der Waals surface area (Å²) in [5.74, 6) is -0.333. The average Bonchev–Trinajstić information content (AvgIpc) is 2.54. The van der Waals surface area contributed by atoms with Gasteiger partial charge in [0.2, 0.25) is 5.91 Å². The van der Waals surface area contributed by atoms with Crippen molar-refractivity contribution in [3.05, 3.63) is 29.3 Å². The molecule has 2 rings (SSSR count). The van der Waals surface area contributed by atoms with Gasteiger partial charge in [0.15, 0.2) is 0 Å². The topological polar surface area (TPSA) is 81.4 Å². The van der Waals surface area contributed by atoms with E-state index in [1.165, 1.54) is 13.5 Å². The van der Waals surface area contributed by atoms with Gasteiger partial charge in [0.05, 0.1) is 12.7 Å². The van der Waals surface area contributed by atoms with Crippen molar-refractivity contribution in [1.29, 1.82) is 0 Å². The van der Waals surface area contributed by atoms with Crippen LogP contribution in [0.5, 0.6) is 0 Å². The van der Waals surface area contributed by atoms with Gasteiger partial charge in [-0.3, -0.25) is 4.79 Å². The quantitative estimate of drug-likeness (QED) is 0.835. The Morgan fingerprint density at radius 2 is 1.95 bits per heavy atom. The zero-order valence-electron chi connectivity index (χ0n) is 12.4.